The minimum absolute atomic E-state index is 0.142. The Labute approximate surface area is 79.3 Å². The van der Waals surface area contributed by atoms with Crippen LogP contribution in [0.1, 0.15) is 26.2 Å². The summed E-state index contributed by atoms with van der Waals surface area (Å²) in [6.07, 6.45) is 8.40. The lowest BCUT2D eigenvalue weighted by Gasteiger charge is -2.11. The Morgan fingerprint density at radius 3 is 2.92 bits per heavy atom. The number of rotatable bonds is 2. The van der Waals surface area contributed by atoms with Crippen molar-refractivity contribution >= 4 is 6.03 Å². The van der Waals surface area contributed by atoms with Gasteiger partial charge in [0.25, 0.3) is 0 Å². The second-order valence-corrected chi connectivity index (χ2v) is 3.65. The standard InChI is InChI=1S/C10H16N2O/c1-3-6-11-10(13)12-9-5-4-8(2)7-9/h1,8-9H,4-7H2,2H3,(H2,11,12,13). The molecule has 1 aliphatic rings. The van der Waals surface area contributed by atoms with Gasteiger partial charge in [-0.1, -0.05) is 12.8 Å². The van der Waals surface area contributed by atoms with Gasteiger partial charge in [-0.25, -0.2) is 4.79 Å². The summed E-state index contributed by atoms with van der Waals surface area (Å²) < 4.78 is 0. The number of amides is 2. The highest BCUT2D eigenvalue weighted by atomic mass is 16.2. The van der Waals surface area contributed by atoms with Gasteiger partial charge in [0.15, 0.2) is 0 Å². The van der Waals surface area contributed by atoms with Crippen LogP contribution in [0.2, 0.25) is 0 Å². The van der Waals surface area contributed by atoms with Crippen LogP contribution in [0, 0.1) is 18.3 Å². The third-order valence-corrected chi connectivity index (χ3v) is 2.38. The first-order valence-corrected chi connectivity index (χ1v) is 4.70. The highest BCUT2D eigenvalue weighted by Crippen LogP contribution is 2.24. The minimum Gasteiger partial charge on any atom is -0.335 e. The first kappa shape index (κ1) is 9.91. The average Bonchev–Trinajstić information content (AvgIpc) is 2.48. The summed E-state index contributed by atoms with van der Waals surface area (Å²) in [5, 5.41) is 5.49. The van der Waals surface area contributed by atoms with Crippen LogP contribution in [-0.2, 0) is 0 Å². The normalized spacial score (nSPS) is 26.5. The summed E-state index contributed by atoms with van der Waals surface area (Å²) in [5.41, 5.74) is 0. The molecule has 2 unspecified atom stereocenters. The van der Waals surface area contributed by atoms with E-state index in [2.05, 4.69) is 23.5 Å². The third-order valence-electron chi connectivity index (χ3n) is 2.38. The van der Waals surface area contributed by atoms with Gasteiger partial charge in [-0.05, 0) is 25.2 Å². The number of carbonyl (C=O) groups excluding carboxylic acids is 1. The molecule has 0 aromatic carbocycles. The molecule has 3 nitrogen and oxygen atoms in total. The molecule has 0 heterocycles. The molecule has 1 aliphatic carbocycles. The van der Waals surface area contributed by atoms with Gasteiger partial charge in [0, 0.05) is 6.04 Å². The van der Waals surface area contributed by atoms with Gasteiger partial charge in [0.1, 0.15) is 0 Å². The molecule has 72 valence electrons. The van der Waals surface area contributed by atoms with Crippen LogP contribution in [0.5, 0.6) is 0 Å². The molecular weight excluding hydrogens is 164 g/mol. The van der Waals surface area contributed by atoms with E-state index in [1.807, 2.05) is 0 Å². The van der Waals surface area contributed by atoms with Crippen molar-refractivity contribution in [1.29, 1.82) is 0 Å². The van der Waals surface area contributed by atoms with Crippen LogP contribution in [-0.4, -0.2) is 18.6 Å². The van der Waals surface area contributed by atoms with Crippen LogP contribution < -0.4 is 10.6 Å². The maximum Gasteiger partial charge on any atom is 0.315 e. The number of carbonyl (C=O) groups is 1. The number of hydrogen-bond acceptors (Lipinski definition) is 1. The van der Waals surface area contributed by atoms with E-state index in [4.69, 9.17) is 6.42 Å². The van der Waals surface area contributed by atoms with Gasteiger partial charge >= 0.3 is 6.03 Å². The molecule has 0 aliphatic heterocycles. The molecule has 0 radical (unpaired) electrons. The van der Waals surface area contributed by atoms with Crippen LogP contribution in [0.3, 0.4) is 0 Å². The van der Waals surface area contributed by atoms with Crippen molar-refractivity contribution in [2.75, 3.05) is 6.54 Å². The fourth-order valence-electron chi connectivity index (χ4n) is 1.71. The zero-order chi connectivity index (χ0) is 9.68. The maximum absolute atomic E-state index is 11.1. The summed E-state index contributed by atoms with van der Waals surface area (Å²) in [6, 6.07) is 0.199. The van der Waals surface area contributed by atoms with Crippen molar-refractivity contribution < 1.29 is 4.79 Å². The number of urea groups is 1. The van der Waals surface area contributed by atoms with Gasteiger partial charge < -0.3 is 10.6 Å². The maximum atomic E-state index is 11.1. The van der Waals surface area contributed by atoms with Crippen molar-refractivity contribution in [3.05, 3.63) is 0 Å². The lowest BCUT2D eigenvalue weighted by Crippen LogP contribution is -2.41. The van der Waals surface area contributed by atoms with Crippen LogP contribution in [0.15, 0.2) is 0 Å². The van der Waals surface area contributed by atoms with Crippen LogP contribution >= 0.6 is 0 Å². The molecular formula is C10H16N2O. The molecule has 0 saturated heterocycles. The quantitative estimate of drug-likeness (QED) is 0.614. The highest BCUT2D eigenvalue weighted by Gasteiger charge is 2.22. The van der Waals surface area contributed by atoms with Crippen molar-refractivity contribution in [2.45, 2.75) is 32.2 Å². The van der Waals surface area contributed by atoms with Crippen LogP contribution in [0.25, 0.3) is 0 Å². The zero-order valence-electron chi connectivity index (χ0n) is 7.97. The molecule has 0 aromatic rings. The van der Waals surface area contributed by atoms with Gasteiger partial charge in [-0.2, -0.15) is 0 Å². The summed E-state index contributed by atoms with van der Waals surface area (Å²) in [7, 11) is 0. The lowest BCUT2D eigenvalue weighted by molar-refractivity contribution is 0.238. The smallest absolute Gasteiger partial charge is 0.315 e. The lowest BCUT2D eigenvalue weighted by atomic mass is 10.1. The Morgan fingerprint density at radius 2 is 2.38 bits per heavy atom. The van der Waals surface area contributed by atoms with Gasteiger partial charge in [0.05, 0.1) is 6.54 Å². The van der Waals surface area contributed by atoms with E-state index >= 15 is 0 Å². The molecule has 0 aromatic heterocycles. The molecule has 1 fully saturated rings. The molecule has 0 spiro atoms. The molecule has 13 heavy (non-hydrogen) atoms. The predicted molar refractivity (Wildman–Crippen MR) is 52.2 cm³/mol. The largest absolute Gasteiger partial charge is 0.335 e. The monoisotopic (exact) mass is 180 g/mol. The average molecular weight is 180 g/mol. The summed E-state index contributed by atoms with van der Waals surface area (Å²) in [6.45, 7) is 2.51. The first-order chi connectivity index (χ1) is 6.22. The second-order valence-electron chi connectivity index (χ2n) is 3.65. The topological polar surface area (TPSA) is 41.1 Å². The third kappa shape index (κ3) is 3.37. The van der Waals surface area contributed by atoms with E-state index in [9.17, 15) is 4.79 Å². The number of terminal acetylenes is 1. The molecule has 1 rings (SSSR count). The Bertz CT molecular complexity index is 219. The Hall–Kier alpha value is -1.17. The van der Waals surface area contributed by atoms with Crippen molar-refractivity contribution in [1.82, 2.24) is 10.6 Å². The van der Waals surface area contributed by atoms with Gasteiger partial charge in [-0.3, -0.25) is 0 Å². The van der Waals surface area contributed by atoms with Gasteiger partial charge in [0.2, 0.25) is 0 Å². The SMILES string of the molecule is C#CCNC(=O)NC1CCC(C)C1. The second kappa shape index (κ2) is 4.76. The molecule has 1 saturated carbocycles. The minimum atomic E-state index is -0.142. The summed E-state index contributed by atoms with van der Waals surface area (Å²) in [5.74, 6) is 3.09. The molecule has 2 atom stereocenters. The van der Waals surface area contributed by atoms with Crippen molar-refractivity contribution in [3.8, 4) is 12.3 Å². The summed E-state index contributed by atoms with van der Waals surface area (Å²) >= 11 is 0. The fraction of sp³-hybridized carbons (Fsp3) is 0.700. The van der Waals surface area contributed by atoms with Gasteiger partial charge in [-0.15, -0.1) is 6.42 Å². The Morgan fingerprint density at radius 1 is 1.62 bits per heavy atom. The van der Waals surface area contributed by atoms with E-state index in [1.54, 1.807) is 0 Å². The van der Waals surface area contributed by atoms with E-state index in [1.165, 1.54) is 6.42 Å². The van der Waals surface area contributed by atoms with E-state index in [-0.39, 0.29) is 6.03 Å². The zero-order valence-corrected chi connectivity index (χ0v) is 7.97. The summed E-state index contributed by atoms with van der Waals surface area (Å²) in [4.78, 5) is 11.1. The highest BCUT2D eigenvalue weighted by molar-refractivity contribution is 5.74. The van der Waals surface area contributed by atoms with Crippen LogP contribution in [0.4, 0.5) is 4.79 Å². The first-order valence-electron chi connectivity index (χ1n) is 4.70. The molecule has 2 amide bonds. The van der Waals surface area contributed by atoms with E-state index < -0.39 is 0 Å². The van der Waals surface area contributed by atoms with Crippen molar-refractivity contribution in [2.24, 2.45) is 5.92 Å². The molecule has 2 N–H and O–H groups in total. The van der Waals surface area contributed by atoms with Crippen molar-refractivity contribution in [3.63, 3.8) is 0 Å². The molecule has 0 bridgehead atoms. The fourth-order valence-corrected chi connectivity index (χ4v) is 1.71. The van der Waals surface area contributed by atoms with E-state index in [0.29, 0.717) is 12.6 Å². The van der Waals surface area contributed by atoms with E-state index in [0.717, 1.165) is 18.8 Å². The Kier molecular flexibility index (Phi) is 3.63. The number of hydrogen-bond donors (Lipinski definition) is 2. The Balaban J connectivity index is 2.18. The predicted octanol–water partition coefficient (Wildman–Crippen LogP) is 1.11. The number of nitrogens with one attached hydrogen (secondary N) is 2. The molecule has 3 heteroatoms.